The van der Waals surface area contributed by atoms with E-state index in [0.29, 0.717) is 34.1 Å². The number of amides is 3. The summed E-state index contributed by atoms with van der Waals surface area (Å²) in [6, 6.07) is 11.8. The van der Waals surface area contributed by atoms with Gasteiger partial charge >= 0.3 is 6.03 Å². The van der Waals surface area contributed by atoms with Crippen molar-refractivity contribution in [2.75, 3.05) is 25.1 Å². The summed E-state index contributed by atoms with van der Waals surface area (Å²) in [7, 11) is 1.70. The number of benzene rings is 1. The Kier molecular flexibility index (Phi) is 9.00. The number of nitrogens with one attached hydrogen (secondary N) is 3. The van der Waals surface area contributed by atoms with E-state index in [1.54, 1.807) is 69.6 Å². The lowest BCUT2D eigenvalue weighted by molar-refractivity contribution is -0.131. The number of hydrogen-bond acceptors (Lipinski definition) is 7. The Bertz CT molecular complexity index is 1450. The molecule has 4 rings (SSSR count). The van der Waals surface area contributed by atoms with Crippen molar-refractivity contribution in [2.24, 2.45) is 16.3 Å². The highest BCUT2D eigenvalue weighted by Crippen LogP contribution is 2.46. The van der Waals surface area contributed by atoms with E-state index in [9.17, 15) is 19.5 Å². The van der Waals surface area contributed by atoms with Gasteiger partial charge in [0.15, 0.2) is 5.78 Å². The number of allylic oxidation sites excluding steroid dienone is 3. The highest BCUT2D eigenvalue weighted by atomic mass is 16.3. The third-order valence-corrected chi connectivity index (χ3v) is 7.34. The maximum Gasteiger partial charge on any atom is 0.321 e. The van der Waals surface area contributed by atoms with E-state index < -0.39 is 23.5 Å². The molecule has 0 bridgehead atoms. The van der Waals surface area contributed by atoms with Crippen LogP contribution >= 0.6 is 0 Å². The molecule has 4 N–H and O–H groups in total. The fraction of sp³-hybridized carbons (Fsp3) is 0.323. The van der Waals surface area contributed by atoms with Gasteiger partial charge in [0.25, 0.3) is 5.91 Å². The predicted molar refractivity (Wildman–Crippen MR) is 157 cm³/mol. The zero-order chi connectivity index (χ0) is 29.6. The molecule has 212 valence electrons. The van der Waals surface area contributed by atoms with E-state index in [2.05, 4.69) is 31.8 Å². The maximum absolute atomic E-state index is 14.0. The van der Waals surface area contributed by atoms with Crippen LogP contribution in [0, 0.1) is 23.7 Å². The van der Waals surface area contributed by atoms with E-state index in [4.69, 9.17) is 6.42 Å². The van der Waals surface area contributed by atoms with Gasteiger partial charge in [-0.1, -0.05) is 37.1 Å². The fourth-order valence-electron chi connectivity index (χ4n) is 4.77. The number of Topliss-reactive ketones (excluding diaryl/α,β-unsaturated/α-hetero) is 1. The third kappa shape index (κ3) is 6.53. The lowest BCUT2D eigenvalue weighted by Crippen LogP contribution is -2.52. The lowest BCUT2D eigenvalue weighted by Gasteiger charge is -2.31. The monoisotopic (exact) mass is 554 g/mol. The van der Waals surface area contributed by atoms with Crippen LogP contribution in [0.1, 0.15) is 37.9 Å². The van der Waals surface area contributed by atoms with Crippen molar-refractivity contribution in [1.82, 2.24) is 20.9 Å². The van der Waals surface area contributed by atoms with Gasteiger partial charge in [-0.2, -0.15) is 0 Å². The van der Waals surface area contributed by atoms with Gasteiger partial charge in [0.2, 0.25) is 6.17 Å². The van der Waals surface area contributed by atoms with Gasteiger partial charge < -0.3 is 26.0 Å². The number of aliphatic hydroxyl groups is 1. The number of aliphatic imine (C=N–C) groups is 1. The molecule has 10 nitrogen and oxygen atoms in total. The number of terminal acetylenes is 1. The Morgan fingerprint density at radius 3 is 2.59 bits per heavy atom. The van der Waals surface area contributed by atoms with Crippen LogP contribution < -0.4 is 20.9 Å². The lowest BCUT2D eigenvalue weighted by atomic mass is 9.81. The first-order valence-corrected chi connectivity index (χ1v) is 13.4. The number of hydrogen-bond donors (Lipinski definition) is 4. The number of benzodiazepines with no additional fused rings is 1. The summed E-state index contributed by atoms with van der Waals surface area (Å²) in [6.45, 7) is 2.82. The highest BCUT2D eigenvalue weighted by molar-refractivity contribution is 6.20. The standard InChI is InChI=1S/C31H34N6O4/c1-5-10-22(32-4)17-20(2)34-30(41)36-28-29(40)37(18-26(39)31(3,19-38)21-14-15-21)25-13-7-6-11-23(25)27(35-28)24-12-8-9-16-33-24/h1,6-13,16-17,21,28,32,38H,14-15,18-19H2,2-4H3,(H2,34,36,41)/b20-17+,22-10+/t28-,31+/m0/s1. The normalized spacial score (nSPS) is 18.7. The van der Waals surface area contributed by atoms with Crippen LogP contribution in [0.5, 0.6) is 0 Å². The molecule has 2 atom stereocenters. The predicted octanol–water partition coefficient (Wildman–Crippen LogP) is 2.51. The number of rotatable bonds is 10. The van der Waals surface area contributed by atoms with Crippen molar-refractivity contribution in [2.45, 2.75) is 32.9 Å². The largest absolute Gasteiger partial charge is 0.395 e. The molecule has 2 aliphatic rings. The summed E-state index contributed by atoms with van der Waals surface area (Å²) in [5.41, 5.74) is 2.05. The number of aliphatic hydroxyl groups excluding tert-OH is 1. The molecule has 10 heteroatoms. The molecule has 1 aromatic carbocycles. The second-order valence-corrected chi connectivity index (χ2v) is 10.3. The average molecular weight is 555 g/mol. The summed E-state index contributed by atoms with van der Waals surface area (Å²) < 4.78 is 0. The molecule has 3 amide bonds. The van der Waals surface area contributed by atoms with Crippen molar-refractivity contribution in [3.63, 3.8) is 0 Å². The van der Waals surface area contributed by atoms with Crippen LogP contribution in [0.25, 0.3) is 0 Å². The number of ketones is 1. The van der Waals surface area contributed by atoms with Gasteiger partial charge in [-0.05, 0) is 50.0 Å². The number of pyridine rings is 1. The highest BCUT2D eigenvalue weighted by Gasteiger charge is 2.47. The third-order valence-electron chi connectivity index (χ3n) is 7.34. The molecule has 1 aliphatic heterocycles. The van der Waals surface area contributed by atoms with Crippen LogP contribution in [-0.4, -0.2) is 59.9 Å². The second-order valence-electron chi connectivity index (χ2n) is 10.3. The van der Waals surface area contributed by atoms with Gasteiger partial charge in [0.05, 0.1) is 35.7 Å². The van der Waals surface area contributed by atoms with Crippen molar-refractivity contribution >= 4 is 29.1 Å². The van der Waals surface area contributed by atoms with E-state index >= 15 is 0 Å². The Morgan fingerprint density at radius 2 is 1.95 bits per heavy atom. The minimum atomic E-state index is -1.37. The molecule has 0 saturated heterocycles. The maximum atomic E-state index is 14.0. The summed E-state index contributed by atoms with van der Waals surface area (Å²) in [4.78, 5) is 51.1. The number of carbonyl (C=O) groups is 3. The number of urea groups is 1. The summed E-state index contributed by atoms with van der Waals surface area (Å²) in [6.07, 6.45) is 10.4. The zero-order valence-electron chi connectivity index (χ0n) is 23.3. The molecule has 41 heavy (non-hydrogen) atoms. The molecule has 1 aliphatic carbocycles. The van der Waals surface area contributed by atoms with Crippen molar-refractivity contribution in [3.8, 4) is 12.3 Å². The SMILES string of the molecule is C#C/C=C(\C=C(/C)NC(=O)N[C@@H]1N=C(c2ccccn2)c2ccccc2N(CC(=O)[C@](C)(CO)C2CC2)C1=O)NC. The number of aromatic nitrogens is 1. The summed E-state index contributed by atoms with van der Waals surface area (Å²) >= 11 is 0. The molecule has 0 radical (unpaired) electrons. The van der Waals surface area contributed by atoms with Crippen molar-refractivity contribution in [3.05, 3.63) is 83.5 Å². The molecular formula is C31H34N6O4. The van der Waals surface area contributed by atoms with Crippen LogP contribution in [0.15, 0.2) is 77.2 Å². The molecule has 2 heterocycles. The van der Waals surface area contributed by atoms with E-state index in [-0.39, 0.29) is 24.9 Å². The topological polar surface area (TPSA) is 136 Å². The van der Waals surface area contributed by atoms with E-state index in [1.165, 1.54) is 11.0 Å². The number of para-hydroxylation sites is 1. The first-order chi connectivity index (χ1) is 19.7. The molecule has 0 unspecified atom stereocenters. The molecular weight excluding hydrogens is 520 g/mol. The number of nitrogens with zero attached hydrogens (tertiary/aromatic N) is 3. The van der Waals surface area contributed by atoms with Crippen LogP contribution in [0.4, 0.5) is 10.5 Å². The smallest absolute Gasteiger partial charge is 0.321 e. The second kappa shape index (κ2) is 12.6. The molecule has 0 spiro atoms. The summed E-state index contributed by atoms with van der Waals surface area (Å²) in [5, 5.41) is 18.4. The fourth-order valence-corrected chi connectivity index (χ4v) is 4.77. The van der Waals surface area contributed by atoms with Gasteiger partial charge in [0, 0.05) is 36.3 Å². The van der Waals surface area contributed by atoms with E-state index in [1.807, 2.05) is 6.07 Å². The number of likely N-dealkylation sites (N-methyl/N-ethyl adjacent to an activating group) is 1. The Labute approximate surface area is 239 Å². The minimum absolute atomic E-state index is 0.0677. The first-order valence-electron chi connectivity index (χ1n) is 13.4. The molecule has 1 saturated carbocycles. The first kappa shape index (κ1) is 29.2. The Morgan fingerprint density at radius 1 is 1.22 bits per heavy atom. The molecule has 1 aromatic heterocycles. The van der Waals surface area contributed by atoms with Crippen LogP contribution in [-0.2, 0) is 9.59 Å². The van der Waals surface area contributed by atoms with Crippen LogP contribution in [0.2, 0.25) is 0 Å². The van der Waals surface area contributed by atoms with Crippen LogP contribution in [0.3, 0.4) is 0 Å². The Hall–Kier alpha value is -4.75. The summed E-state index contributed by atoms with van der Waals surface area (Å²) in [5.74, 6) is 1.64. The minimum Gasteiger partial charge on any atom is -0.395 e. The molecule has 2 aromatic rings. The zero-order valence-corrected chi connectivity index (χ0v) is 23.3. The van der Waals surface area contributed by atoms with Gasteiger partial charge in [-0.15, -0.1) is 6.42 Å². The van der Waals surface area contributed by atoms with Gasteiger partial charge in [-0.3, -0.25) is 14.6 Å². The quantitative estimate of drug-likeness (QED) is 0.263. The van der Waals surface area contributed by atoms with Crippen molar-refractivity contribution < 1.29 is 19.5 Å². The van der Waals surface area contributed by atoms with E-state index in [0.717, 1.165) is 12.8 Å². The molecule has 1 fully saturated rings. The van der Waals surface area contributed by atoms with Gasteiger partial charge in [-0.25, -0.2) is 9.79 Å². The van der Waals surface area contributed by atoms with Gasteiger partial charge in [0.1, 0.15) is 0 Å². The number of carbonyl (C=O) groups excluding carboxylic acids is 3. The number of fused-ring (bicyclic) bond motifs is 1. The Balaban J connectivity index is 1.72. The average Bonchev–Trinajstić information content (AvgIpc) is 3.84. The number of anilines is 1. The van der Waals surface area contributed by atoms with Crippen molar-refractivity contribution in [1.29, 1.82) is 0 Å².